The van der Waals surface area contributed by atoms with Crippen LogP contribution in [0.1, 0.15) is 43.2 Å². The molecule has 4 rings (SSSR count). The molecule has 0 radical (unpaired) electrons. The number of rotatable bonds is 2. The third-order valence-electron chi connectivity index (χ3n) is 5.65. The van der Waals surface area contributed by atoms with E-state index in [9.17, 15) is 9.60 Å². The number of nitrogens with two attached hydrogens (primary N) is 1. The second-order valence-corrected chi connectivity index (χ2v) is 7.16. The van der Waals surface area contributed by atoms with E-state index in [1.54, 1.807) is 6.07 Å². The monoisotopic (exact) mass is 368 g/mol. The van der Waals surface area contributed by atoms with Crippen molar-refractivity contribution in [2.24, 2.45) is 15.9 Å². The van der Waals surface area contributed by atoms with Crippen LogP contribution in [0.5, 0.6) is 0 Å². The Hall–Kier alpha value is -2.93. The molecule has 6 nitrogen and oxygen atoms in total. The molecule has 7 heteroatoms. The molecule has 2 aromatic rings. The maximum atomic E-state index is 14.1. The zero-order valence-corrected chi connectivity index (χ0v) is 14.7. The van der Waals surface area contributed by atoms with Crippen LogP contribution >= 0.6 is 0 Å². The number of fused-ring (bicyclic) bond motifs is 2. The number of hydroxylamine groups is 1. The van der Waals surface area contributed by atoms with Crippen molar-refractivity contribution in [1.29, 1.82) is 0 Å². The molecular formula is C20H21FN4O2. The lowest BCUT2D eigenvalue weighted by molar-refractivity contribution is 0.218. The highest BCUT2D eigenvalue weighted by Gasteiger charge is 2.44. The topological polar surface area (TPSA) is 103 Å². The van der Waals surface area contributed by atoms with Gasteiger partial charge < -0.3 is 10.9 Å². The van der Waals surface area contributed by atoms with Gasteiger partial charge in [0.05, 0.1) is 11.1 Å². The first-order valence-electron chi connectivity index (χ1n) is 9.00. The van der Waals surface area contributed by atoms with Crippen molar-refractivity contribution < 1.29 is 14.8 Å². The molecule has 1 aliphatic carbocycles. The summed E-state index contributed by atoms with van der Waals surface area (Å²) in [6.45, 7) is 0. The van der Waals surface area contributed by atoms with E-state index in [1.165, 1.54) is 18.6 Å². The maximum absolute atomic E-state index is 14.1. The second kappa shape index (κ2) is 6.66. The van der Waals surface area contributed by atoms with Crippen molar-refractivity contribution >= 4 is 17.4 Å². The molecule has 2 aromatic carbocycles. The van der Waals surface area contributed by atoms with Crippen molar-refractivity contribution in [2.45, 2.75) is 37.5 Å². The van der Waals surface area contributed by atoms with Gasteiger partial charge in [-0.05, 0) is 59.9 Å². The van der Waals surface area contributed by atoms with Gasteiger partial charge in [-0.2, -0.15) is 0 Å². The van der Waals surface area contributed by atoms with Crippen molar-refractivity contribution in [3.63, 3.8) is 0 Å². The third kappa shape index (κ3) is 2.84. The van der Waals surface area contributed by atoms with E-state index in [-0.39, 0.29) is 11.3 Å². The molecule has 2 aliphatic rings. The quantitative estimate of drug-likeness (QED) is 0.280. The van der Waals surface area contributed by atoms with Gasteiger partial charge in [-0.3, -0.25) is 10.7 Å². The SMILES string of the molecule is NC(=NO)c1cc(F)cc(-c2ccc3c(c2)C2(CCCCC2)C(NO)=N3)c1. The van der Waals surface area contributed by atoms with E-state index in [0.29, 0.717) is 17.0 Å². The fourth-order valence-corrected chi connectivity index (χ4v) is 4.31. The number of nitrogens with one attached hydrogen (secondary N) is 1. The summed E-state index contributed by atoms with van der Waals surface area (Å²) in [5.74, 6) is -0.0161. The van der Waals surface area contributed by atoms with Crippen LogP contribution in [0.25, 0.3) is 11.1 Å². The average molecular weight is 368 g/mol. The molecular weight excluding hydrogens is 347 g/mol. The molecule has 27 heavy (non-hydrogen) atoms. The number of amidine groups is 2. The highest BCUT2D eigenvalue weighted by atomic mass is 19.1. The molecule has 5 N–H and O–H groups in total. The van der Waals surface area contributed by atoms with E-state index in [1.807, 2.05) is 18.2 Å². The van der Waals surface area contributed by atoms with E-state index in [2.05, 4.69) is 15.6 Å². The molecule has 140 valence electrons. The molecule has 0 saturated heterocycles. The van der Waals surface area contributed by atoms with Gasteiger partial charge >= 0.3 is 0 Å². The number of halogens is 1. The zero-order chi connectivity index (χ0) is 19.0. The average Bonchev–Trinajstić information content (AvgIpc) is 2.99. The number of nitrogens with zero attached hydrogens (tertiary/aromatic N) is 2. The first kappa shape index (κ1) is 17.5. The Kier molecular flexibility index (Phi) is 4.31. The summed E-state index contributed by atoms with van der Waals surface area (Å²) in [5, 5.41) is 21.5. The Labute approximate surface area is 156 Å². The first-order chi connectivity index (χ1) is 13.1. The van der Waals surface area contributed by atoms with Gasteiger partial charge in [-0.25, -0.2) is 9.38 Å². The predicted octanol–water partition coefficient (Wildman–Crippen LogP) is 3.81. The Morgan fingerprint density at radius 1 is 1.11 bits per heavy atom. The largest absolute Gasteiger partial charge is 0.409 e. The minimum Gasteiger partial charge on any atom is -0.409 e. The number of oxime groups is 1. The van der Waals surface area contributed by atoms with Gasteiger partial charge in [-0.1, -0.05) is 30.5 Å². The van der Waals surface area contributed by atoms with Crippen LogP contribution < -0.4 is 11.2 Å². The Bertz CT molecular complexity index is 949. The van der Waals surface area contributed by atoms with Gasteiger partial charge in [0.15, 0.2) is 5.84 Å². The number of aliphatic imine (C=N–C) groups is 1. The lowest BCUT2D eigenvalue weighted by Crippen LogP contribution is -2.42. The Morgan fingerprint density at radius 2 is 1.89 bits per heavy atom. The van der Waals surface area contributed by atoms with Crippen LogP contribution in [-0.4, -0.2) is 22.1 Å². The van der Waals surface area contributed by atoms with E-state index in [4.69, 9.17) is 10.9 Å². The summed E-state index contributed by atoms with van der Waals surface area (Å²) in [6, 6.07) is 10.1. The molecule has 1 fully saturated rings. The third-order valence-corrected chi connectivity index (χ3v) is 5.65. The number of hydrogen-bond acceptors (Lipinski definition) is 5. The summed E-state index contributed by atoms with van der Waals surface area (Å²) >= 11 is 0. The van der Waals surface area contributed by atoms with Crippen molar-refractivity contribution in [2.75, 3.05) is 0 Å². The van der Waals surface area contributed by atoms with Crippen LogP contribution in [0, 0.1) is 5.82 Å². The van der Waals surface area contributed by atoms with Gasteiger partial charge in [0, 0.05) is 5.56 Å². The molecule has 1 heterocycles. The minimum atomic E-state index is -0.462. The molecule has 0 atom stereocenters. The fraction of sp³-hybridized carbons (Fsp3) is 0.300. The van der Waals surface area contributed by atoms with Crippen LogP contribution in [0.4, 0.5) is 10.1 Å². The van der Waals surface area contributed by atoms with Crippen LogP contribution in [0.15, 0.2) is 46.5 Å². The highest BCUT2D eigenvalue weighted by molar-refractivity contribution is 6.01. The molecule has 1 aliphatic heterocycles. The molecule has 0 aromatic heterocycles. The minimum absolute atomic E-state index is 0.143. The molecule has 0 amide bonds. The van der Waals surface area contributed by atoms with E-state index in [0.717, 1.165) is 42.5 Å². The molecule has 1 saturated carbocycles. The maximum Gasteiger partial charge on any atom is 0.170 e. The van der Waals surface area contributed by atoms with Gasteiger partial charge in [0.2, 0.25) is 0 Å². The van der Waals surface area contributed by atoms with Crippen molar-refractivity contribution in [3.8, 4) is 11.1 Å². The highest BCUT2D eigenvalue weighted by Crippen LogP contribution is 2.49. The standard InChI is InChI=1S/C20H21FN4O2/c21-15-9-13(8-14(10-15)18(22)24-26)12-4-5-17-16(11-12)20(19(23-17)25-27)6-2-1-3-7-20/h4-5,8-11,26-27H,1-3,6-7H2,(H2,22,24)(H,23,25). The summed E-state index contributed by atoms with van der Waals surface area (Å²) in [6.07, 6.45) is 5.13. The molecule has 0 unspecified atom stereocenters. The lowest BCUT2D eigenvalue weighted by Gasteiger charge is -2.35. The van der Waals surface area contributed by atoms with Crippen LogP contribution in [0.2, 0.25) is 0 Å². The Balaban J connectivity index is 1.82. The molecule has 1 spiro atoms. The summed E-state index contributed by atoms with van der Waals surface area (Å²) in [5.41, 5.74) is 11.2. The first-order valence-corrected chi connectivity index (χ1v) is 9.00. The lowest BCUT2D eigenvalue weighted by atomic mass is 9.69. The summed E-state index contributed by atoms with van der Waals surface area (Å²) < 4.78 is 14.1. The normalized spacial score (nSPS) is 18.3. The molecule has 0 bridgehead atoms. The van der Waals surface area contributed by atoms with Gasteiger partial charge in [0.1, 0.15) is 11.7 Å². The number of hydrogen-bond donors (Lipinski definition) is 4. The van der Waals surface area contributed by atoms with Crippen molar-refractivity contribution in [3.05, 3.63) is 53.3 Å². The smallest absolute Gasteiger partial charge is 0.170 e. The fourth-order valence-electron chi connectivity index (χ4n) is 4.31. The van der Waals surface area contributed by atoms with E-state index >= 15 is 0 Å². The van der Waals surface area contributed by atoms with Gasteiger partial charge in [-0.15, -0.1) is 0 Å². The predicted molar refractivity (Wildman–Crippen MR) is 101 cm³/mol. The second-order valence-electron chi connectivity index (χ2n) is 7.16. The van der Waals surface area contributed by atoms with E-state index < -0.39 is 5.82 Å². The Morgan fingerprint density at radius 3 is 2.59 bits per heavy atom. The zero-order valence-electron chi connectivity index (χ0n) is 14.7. The summed E-state index contributed by atoms with van der Waals surface area (Å²) in [4.78, 5) is 4.57. The van der Waals surface area contributed by atoms with Crippen molar-refractivity contribution in [1.82, 2.24) is 5.48 Å². The van der Waals surface area contributed by atoms with Crippen LogP contribution in [-0.2, 0) is 5.41 Å². The summed E-state index contributed by atoms with van der Waals surface area (Å²) in [7, 11) is 0. The van der Waals surface area contributed by atoms with Crippen LogP contribution in [0.3, 0.4) is 0 Å². The number of benzene rings is 2. The van der Waals surface area contributed by atoms with Gasteiger partial charge in [0.25, 0.3) is 0 Å².